The molecule has 2 rings (SSSR count). The molecule has 0 amide bonds. The molecule has 0 aliphatic heterocycles. The average molecular weight is 227 g/mol. The van der Waals surface area contributed by atoms with Crippen LogP contribution >= 0.6 is 11.6 Å². The van der Waals surface area contributed by atoms with E-state index in [4.69, 9.17) is 11.6 Å². The van der Waals surface area contributed by atoms with Crippen molar-refractivity contribution in [2.45, 2.75) is 45.0 Å². The lowest BCUT2D eigenvalue weighted by atomic mass is 9.83. The first kappa shape index (κ1) is 11.0. The van der Waals surface area contributed by atoms with E-state index in [0.717, 1.165) is 24.2 Å². The average Bonchev–Trinajstić information content (AvgIpc) is 2.69. The summed E-state index contributed by atoms with van der Waals surface area (Å²) in [6.45, 7) is 3.46. The Bertz CT molecular complexity index is 300. The van der Waals surface area contributed by atoms with Crippen molar-refractivity contribution < 1.29 is 0 Å². The second-order valence-electron chi connectivity index (χ2n) is 4.76. The number of hydrogen-bond acceptors (Lipinski definition) is 1. The zero-order valence-corrected chi connectivity index (χ0v) is 10.1. The number of nitrogens with zero attached hydrogens (tertiary/aromatic N) is 2. The Morgan fingerprint density at radius 1 is 1.40 bits per heavy atom. The Labute approximate surface area is 96.7 Å². The standard InChI is InChI=1S/C12H19ClN2/c1-10-2-4-11(5-3-10)9-15-7-6-14-12(15)8-13/h6-7,10-11H,2-5,8-9H2,1H3. The van der Waals surface area contributed by atoms with Crippen LogP contribution in [0.3, 0.4) is 0 Å². The first-order chi connectivity index (χ1) is 7.29. The maximum absolute atomic E-state index is 5.83. The van der Waals surface area contributed by atoms with Gasteiger partial charge in [-0.05, 0) is 24.7 Å². The highest BCUT2D eigenvalue weighted by Gasteiger charge is 2.19. The summed E-state index contributed by atoms with van der Waals surface area (Å²) in [5.41, 5.74) is 0. The van der Waals surface area contributed by atoms with E-state index >= 15 is 0 Å². The minimum absolute atomic E-state index is 0.524. The minimum Gasteiger partial charge on any atom is -0.334 e. The summed E-state index contributed by atoms with van der Waals surface area (Å²) in [5, 5.41) is 0. The Morgan fingerprint density at radius 3 is 2.80 bits per heavy atom. The van der Waals surface area contributed by atoms with Crippen molar-refractivity contribution in [2.75, 3.05) is 0 Å². The summed E-state index contributed by atoms with van der Waals surface area (Å²) < 4.78 is 2.22. The molecule has 15 heavy (non-hydrogen) atoms. The maximum Gasteiger partial charge on any atom is 0.123 e. The summed E-state index contributed by atoms with van der Waals surface area (Å²) in [6, 6.07) is 0. The van der Waals surface area contributed by atoms with Crippen LogP contribution in [0.4, 0.5) is 0 Å². The smallest absolute Gasteiger partial charge is 0.123 e. The van der Waals surface area contributed by atoms with Crippen molar-refractivity contribution in [3.63, 3.8) is 0 Å². The third-order valence-corrected chi connectivity index (χ3v) is 3.75. The SMILES string of the molecule is CC1CCC(Cn2ccnc2CCl)CC1. The first-order valence-corrected chi connectivity index (χ1v) is 6.39. The molecule has 1 aliphatic rings. The van der Waals surface area contributed by atoms with Crippen LogP contribution in [0.25, 0.3) is 0 Å². The molecule has 0 radical (unpaired) electrons. The number of hydrogen-bond donors (Lipinski definition) is 0. The quantitative estimate of drug-likeness (QED) is 0.722. The van der Waals surface area contributed by atoms with Gasteiger partial charge >= 0.3 is 0 Å². The van der Waals surface area contributed by atoms with Gasteiger partial charge < -0.3 is 4.57 Å². The predicted octanol–water partition coefficient (Wildman–Crippen LogP) is 3.45. The van der Waals surface area contributed by atoms with Crippen molar-refractivity contribution in [3.8, 4) is 0 Å². The van der Waals surface area contributed by atoms with Crippen LogP contribution in [0.2, 0.25) is 0 Å². The predicted molar refractivity (Wildman–Crippen MR) is 62.9 cm³/mol. The van der Waals surface area contributed by atoms with Crippen LogP contribution in [0.5, 0.6) is 0 Å². The van der Waals surface area contributed by atoms with Gasteiger partial charge in [0.1, 0.15) is 5.82 Å². The topological polar surface area (TPSA) is 17.8 Å². The minimum atomic E-state index is 0.524. The zero-order chi connectivity index (χ0) is 10.7. The largest absolute Gasteiger partial charge is 0.334 e. The lowest BCUT2D eigenvalue weighted by Crippen LogP contribution is -2.18. The number of imidazole rings is 1. The van der Waals surface area contributed by atoms with Crippen LogP contribution in [-0.4, -0.2) is 9.55 Å². The molecule has 1 fully saturated rings. The van der Waals surface area contributed by atoms with E-state index in [1.807, 2.05) is 6.20 Å². The van der Waals surface area contributed by atoms with E-state index in [9.17, 15) is 0 Å². The van der Waals surface area contributed by atoms with E-state index in [2.05, 4.69) is 22.7 Å². The van der Waals surface area contributed by atoms with E-state index < -0.39 is 0 Å². The van der Waals surface area contributed by atoms with Crippen LogP contribution in [0, 0.1) is 11.8 Å². The molecule has 1 saturated carbocycles. The lowest BCUT2D eigenvalue weighted by molar-refractivity contribution is 0.263. The van der Waals surface area contributed by atoms with Gasteiger partial charge in [0.15, 0.2) is 0 Å². The number of halogens is 1. The second kappa shape index (κ2) is 5.02. The maximum atomic E-state index is 5.83. The number of aromatic nitrogens is 2. The molecule has 84 valence electrons. The molecule has 1 aromatic rings. The molecule has 1 aliphatic carbocycles. The van der Waals surface area contributed by atoms with Gasteiger partial charge in [0.2, 0.25) is 0 Å². The molecule has 0 bridgehead atoms. The summed E-state index contributed by atoms with van der Waals surface area (Å²) in [5.74, 6) is 3.29. The van der Waals surface area contributed by atoms with Gasteiger partial charge in [-0.3, -0.25) is 0 Å². The number of rotatable bonds is 3. The zero-order valence-electron chi connectivity index (χ0n) is 9.32. The van der Waals surface area contributed by atoms with Gasteiger partial charge in [0.25, 0.3) is 0 Å². The van der Waals surface area contributed by atoms with E-state index in [1.165, 1.54) is 25.7 Å². The highest BCUT2D eigenvalue weighted by molar-refractivity contribution is 6.16. The highest BCUT2D eigenvalue weighted by Crippen LogP contribution is 2.29. The molecule has 0 atom stereocenters. The fraction of sp³-hybridized carbons (Fsp3) is 0.750. The molecule has 2 nitrogen and oxygen atoms in total. The van der Waals surface area contributed by atoms with Crippen LogP contribution in [-0.2, 0) is 12.4 Å². The molecule has 1 heterocycles. The highest BCUT2D eigenvalue weighted by atomic mass is 35.5. The van der Waals surface area contributed by atoms with Crippen LogP contribution in [0.15, 0.2) is 12.4 Å². The van der Waals surface area contributed by atoms with Crippen molar-refractivity contribution in [3.05, 3.63) is 18.2 Å². The fourth-order valence-electron chi connectivity index (χ4n) is 2.43. The molecular weight excluding hydrogens is 208 g/mol. The van der Waals surface area contributed by atoms with Crippen molar-refractivity contribution in [1.29, 1.82) is 0 Å². The molecule has 0 spiro atoms. The third kappa shape index (κ3) is 2.75. The first-order valence-electron chi connectivity index (χ1n) is 5.85. The molecule has 0 saturated heterocycles. The Hall–Kier alpha value is -0.500. The number of alkyl halides is 1. The summed E-state index contributed by atoms with van der Waals surface area (Å²) in [4.78, 5) is 4.25. The summed E-state index contributed by atoms with van der Waals surface area (Å²) in [6.07, 6.45) is 9.40. The monoisotopic (exact) mass is 226 g/mol. The Balaban J connectivity index is 1.91. The normalized spacial score (nSPS) is 26.8. The van der Waals surface area contributed by atoms with Gasteiger partial charge in [-0.1, -0.05) is 19.8 Å². The Kier molecular flexibility index (Phi) is 3.68. The van der Waals surface area contributed by atoms with E-state index in [0.29, 0.717) is 5.88 Å². The molecule has 0 aromatic carbocycles. The van der Waals surface area contributed by atoms with Crippen LogP contribution < -0.4 is 0 Å². The molecular formula is C12H19ClN2. The second-order valence-corrected chi connectivity index (χ2v) is 5.02. The molecule has 0 unspecified atom stereocenters. The van der Waals surface area contributed by atoms with Crippen molar-refractivity contribution in [1.82, 2.24) is 9.55 Å². The molecule has 1 aromatic heterocycles. The molecule has 0 N–H and O–H groups in total. The van der Waals surface area contributed by atoms with E-state index in [1.54, 1.807) is 0 Å². The van der Waals surface area contributed by atoms with E-state index in [-0.39, 0.29) is 0 Å². The van der Waals surface area contributed by atoms with Crippen molar-refractivity contribution >= 4 is 11.6 Å². The third-order valence-electron chi connectivity index (χ3n) is 3.51. The van der Waals surface area contributed by atoms with Crippen molar-refractivity contribution in [2.24, 2.45) is 11.8 Å². The summed E-state index contributed by atoms with van der Waals surface area (Å²) in [7, 11) is 0. The Morgan fingerprint density at radius 2 is 2.13 bits per heavy atom. The lowest BCUT2D eigenvalue weighted by Gasteiger charge is -2.26. The van der Waals surface area contributed by atoms with Gasteiger partial charge in [0, 0.05) is 18.9 Å². The van der Waals surface area contributed by atoms with Gasteiger partial charge in [-0.2, -0.15) is 0 Å². The fourth-order valence-corrected chi connectivity index (χ4v) is 2.65. The molecule has 3 heteroatoms. The van der Waals surface area contributed by atoms with Gasteiger partial charge in [-0.25, -0.2) is 4.98 Å². The van der Waals surface area contributed by atoms with Gasteiger partial charge in [-0.15, -0.1) is 11.6 Å². The summed E-state index contributed by atoms with van der Waals surface area (Å²) >= 11 is 5.83. The van der Waals surface area contributed by atoms with Gasteiger partial charge in [0.05, 0.1) is 5.88 Å². The van der Waals surface area contributed by atoms with Crippen LogP contribution in [0.1, 0.15) is 38.4 Å².